The molecule has 140 valence electrons. The topological polar surface area (TPSA) is 51.0 Å². The zero-order valence-electron chi connectivity index (χ0n) is 16.1. The molecule has 26 heavy (non-hydrogen) atoms. The number of benzene rings is 1. The van der Waals surface area contributed by atoms with Crippen LogP contribution in [-0.4, -0.2) is 44.4 Å². The quantitative estimate of drug-likeness (QED) is 0.747. The normalized spacial score (nSPS) is 20.2. The number of aryl methyl sites for hydroxylation is 1. The molecule has 1 aliphatic rings. The van der Waals surface area contributed by atoms with Gasteiger partial charge in [0.25, 0.3) is 0 Å². The van der Waals surface area contributed by atoms with Gasteiger partial charge in [-0.05, 0) is 44.1 Å². The predicted molar refractivity (Wildman–Crippen MR) is 106 cm³/mol. The van der Waals surface area contributed by atoms with Crippen molar-refractivity contribution in [1.29, 1.82) is 0 Å². The van der Waals surface area contributed by atoms with E-state index in [1.165, 1.54) is 30.2 Å². The monoisotopic (exact) mass is 372 g/mol. The van der Waals surface area contributed by atoms with Crippen LogP contribution in [0.3, 0.4) is 0 Å². The second kappa shape index (κ2) is 8.25. The SMILES string of the molecule is Cc1ccccc1-c1nnc(SCC(=O)N(C)C2CCC(C)CC2)n1C. The largest absolute Gasteiger partial charge is 0.342 e. The predicted octanol–water partition coefficient (Wildman–Crippen LogP) is 3.92. The highest BCUT2D eigenvalue weighted by atomic mass is 32.2. The van der Waals surface area contributed by atoms with E-state index in [4.69, 9.17) is 0 Å². The van der Waals surface area contributed by atoms with Gasteiger partial charge in [0, 0.05) is 25.7 Å². The van der Waals surface area contributed by atoms with Crippen LogP contribution in [0.4, 0.5) is 0 Å². The molecule has 0 bridgehead atoms. The molecule has 0 atom stereocenters. The third-order valence-corrected chi connectivity index (χ3v) is 6.48. The summed E-state index contributed by atoms with van der Waals surface area (Å²) in [5, 5.41) is 9.41. The van der Waals surface area contributed by atoms with Gasteiger partial charge in [0.1, 0.15) is 0 Å². The first kappa shape index (κ1) is 19.0. The molecular formula is C20H28N4OS. The zero-order chi connectivity index (χ0) is 18.7. The third kappa shape index (κ3) is 4.11. The number of rotatable bonds is 5. The van der Waals surface area contributed by atoms with Gasteiger partial charge in [-0.2, -0.15) is 0 Å². The van der Waals surface area contributed by atoms with Gasteiger partial charge in [-0.1, -0.05) is 43.0 Å². The van der Waals surface area contributed by atoms with Gasteiger partial charge in [0.15, 0.2) is 11.0 Å². The van der Waals surface area contributed by atoms with Crippen LogP contribution in [0.1, 0.15) is 38.2 Å². The maximum atomic E-state index is 12.6. The molecule has 5 nitrogen and oxygen atoms in total. The highest BCUT2D eigenvalue weighted by Crippen LogP contribution is 2.28. The van der Waals surface area contributed by atoms with E-state index < -0.39 is 0 Å². The Hall–Kier alpha value is -1.82. The van der Waals surface area contributed by atoms with Crippen LogP contribution in [0.5, 0.6) is 0 Å². The molecule has 1 saturated carbocycles. The number of nitrogens with zero attached hydrogens (tertiary/aromatic N) is 4. The Morgan fingerprint density at radius 2 is 1.92 bits per heavy atom. The van der Waals surface area contributed by atoms with Gasteiger partial charge < -0.3 is 9.47 Å². The van der Waals surface area contributed by atoms with Gasteiger partial charge in [-0.3, -0.25) is 4.79 Å². The lowest BCUT2D eigenvalue weighted by molar-refractivity contribution is -0.129. The maximum absolute atomic E-state index is 12.6. The molecule has 1 amide bonds. The van der Waals surface area contributed by atoms with E-state index in [1.807, 2.05) is 35.7 Å². The molecule has 2 aromatic rings. The third-order valence-electron chi connectivity index (χ3n) is 5.47. The van der Waals surface area contributed by atoms with Crippen molar-refractivity contribution in [2.75, 3.05) is 12.8 Å². The number of carbonyl (C=O) groups is 1. The number of aromatic nitrogens is 3. The fraction of sp³-hybridized carbons (Fsp3) is 0.550. The smallest absolute Gasteiger partial charge is 0.233 e. The Morgan fingerprint density at radius 1 is 1.23 bits per heavy atom. The molecule has 0 aliphatic heterocycles. The van der Waals surface area contributed by atoms with Gasteiger partial charge in [0.2, 0.25) is 5.91 Å². The van der Waals surface area contributed by atoms with E-state index in [-0.39, 0.29) is 5.91 Å². The van der Waals surface area contributed by atoms with Crippen LogP contribution in [0.2, 0.25) is 0 Å². The van der Waals surface area contributed by atoms with Crippen molar-refractivity contribution in [3.8, 4) is 11.4 Å². The van der Waals surface area contributed by atoms with Crippen LogP contribution < -0.4 is 0 Å². The van der Waals surface area contributed by atoms with Gasteiger partial charge >= 0.3 is 0 Å². The van der Waals surface area contributed by atoms with E-state index >= 15 is 0 Å². The fourth-order valence-corrected chi connectivity index (χ4v) is 4.40. The second-order valence-electron chi connectivity index (χ2n) is 7.39. The molecule has 0 unspecified atom stereocenters. The Bertz CT molecular complexity index is 765. The molecular weight excluding hydrogens is 344 g/mol. The van der Waals surface area contributed by atoms with Crippen molar-refractivity contribution < 1.29 is 4.79 Å². The average Bonchev–Trinajstić information content (AvgIpc) is 3.00. The standard InChI is InChI=1S/C20H28N4OS/c1-14-9-11-16(12-10-14)23(3)18(25)13-26-20-22-21-19(24(20)4)17-8-6-5-7-15(17)2/h5-8,14,16H,9-13H2,1-4H3. The van der Waals surface area contributed by atoms with Crippen LogP contribution in [0, 0.1) is 12.8 Å². The van der Waals surface area contributed by atoms with Crippen molar-refractivity contribution in [2.45, 2.75) is 50.7 Å². The molecule has 1 aromatic carbocycles. The highest BCUT2D eigenvalue weighted by molar-refractivity contribution is 7.99. The second-order valence-corrected chi connectivity index (χ2v) is 8.33. The van der Waals surface area contributed by atoms with Crippen molar-refractivity contribution in [3.05, 3.63) is 29.8 Å². The lowest BCUT2D eigenvalue weighted by Gasteiger charge is -2.33. The molecule has 1 heterocycles. The number of hydrogen-bond donors (Lipinski definition) is 0. The molecule has 6 heteroatoms. The van der Waals surface area contributed by atoms with Crippen LogP contribution >= 0.6 is 11.8 Å². The van der Waals surface area contributed by atoms with Crippen LogP contribution in [0.25, 0.3) is 11.4 Å². The maximum Gasteiger partial charge on any atom is 0.233 e. The minimum Gasteiger partial charge on any atom is -0.342 e. The van der Waals surface area contributed by atoms with E-state index in [2.05, 4.69) is 36.2 Å². The van der Waals surface area contributed by atoms with Crippen LogP contribution in [-0.2, 0) is 11.8 Å². The average molecular weight is 373 g/mol. The lowest BCUT2D eigenvalue weighted by atomic mass is 9.87. The van der Waals surface area contributed by atoms with Gasteiger partial charge in [-0.15, -0.1) is 10.2 Å². The first-order valence-corrected chi connectivity index (χ1v) is 10.3. The Balaban J connectivity index is 1.62. The zero-order valence-corrected chi connectivity index (χ0v) is 16.9. The summed E-state index contributed by atoms with van der Waals surface area (Å²) in [6.45, 7) is 4.37. The van der Waals surface area contributed by atoms with Crippen molar-refractivity contribution in [3.63, 3.8) is 0 Å². The summed E-state index contributed by atoms with van der Waals surface area (Å²) in [5.74, 6) is 2.22. The van der Waals surface area contributed by atoms with E-state index in [1.54, 1.807) is 0 Å². The Kier molecular flexibility index (Phi) is 6.01. The summed E-state index contributed by atoms with van der Waals surface area (Å²) in [6, 6.07) is 8.54. The summed E-state index contributed by atoms with van der Waals surface area (Å²) in [5.41, 5.74) is 2.25. The fourth-order valence-electron chi connectivity index (χ4n) is 3.56. The number of amides is 1. The van der Waals surface area contributed by atoms with Crippen molar-refractivity contribution in [1.82, 2.24) is 19.7 Å². The van der Waals surface area contributed by atoms with Crippen LogP contribution in [0.15, 0.2) is 29.4 Å². The Labute approximate surface area is 160 Å². The van der Waals surface area contributed by atoms with Crippen molar-refractivity contribution >= 4 is 17.7 Å². The molecule has 0 radical (unpaired) electrons. The highest BCUT2D eigenvalue weighted by Gasteiger charge is 2.25. The molecule has 0 spiro atoms. The summed E-state index contributed by atoms with van der Waals surface area (Å²) in [4.78, 5) is 14.5. The summed E-state index contributed by atoms with van der Waals surface area (Å²) < 4.78 is 1.97. The number of thioether (sulfide) groups is 1. The molecule has 3 rings (SSSR count). The first-order chi connectivity index (χ1) is 12.5. The number of carbonyl (C=O) groups excluding carboxylic acids is 1. The summed E-state index contributed by atoms with van der Waals surface area (Å²) >= 11 is 1.47. The minimum atomic E-state index is 0.176. The lowest BCUT2D eigenvalue weighted by Crippen LogP contribution is -2.40. The molecule has 1 fully saturated rings. The first-order valence-electron chi connectivity index (χ1n) is 9.31. The summed E-state index contributed by atoms with van der Waals surface area (Å²) in [6.07, 6.45) is 4.68. The van der Waals surface area contributed by atoms with Crippen molar-refractivity contribution in [2.24, 2.45) is 13.0 Å². The van der Waals surface area contributed by atoms with E-state index in [0.717, 1.165) is 35.3 Å². The molecule has 0 saturated heterocycles. The number of hydrogen-bond acceptors (Lipinski definition) is 4. The molecule has 1 aliphatic carbocycles. The Morgan fingerprint density at radius 3 is 2.62 bits per heavy atom. The van der Waals surface area contributed by atoms with Gasteiger partial charge in [-0.25, -0.2) is 0 Å². The molecule has 0 N–H and O–H groups in total. The van der Waals surface area contributed by atoms with E-state index in [9.17, 15) is 4.79 Å². The van der Waals surface area contributed by atoms with Gasteiger partial charge in [0.05, 0.1) is 5.75 Å². The molecule has 1 aromatic heterocycles. The summed E-state index contributed by atoms with van der Waals surface area (Å²) in [7, 11) is 3.90. The van der Waals surface area contributed by atoms with E-state index in [0.29, 0.717) is 11.8 Å². The minimum absolute atomic E-state index is 0.176.